The van der Waals surface area contributed by atoms with Crippen LogP contribution in [0.4, 0.5) is 4.79 Å². The molecule has 1 aliphatic heterocycles. The van der Waals surface area contributed by atoms with Gasteiger partial charge < -0.3 is 15.3 Å². The van der Waals surface area contributed by atoms with Gasteiger partial charge in [-0.25, -0.2) is 4.79 Å². The Labute approximate surface area is 101 Å². The monoisotopic (exact) mass is 240 g/mol. The van der Waals surface area contributed by atoms with Gasteiger partial charge in [0.25, 0.3) is 0 Å². The van der Waals surface area contributed by atoms with Crippen LogP contribution in [0.5, 0.6) is 0 Å². The quantitative estimate of drug-likeness (QED) is 0.783. The molecule has 1 unspecified atom stereocenters. The Kier molecular flexibility index (Phi) is 3.86. The van der Waals surface area contributed by atoms with E-state index in [-0.39, 0.29) is 18.5 Å². The van der Waals surface area contributed by atoms with E-state index in [1.807, 2.05) is 4.90 Å². The summed E-state index contributed by atoms with van der Waals surface area (Å²) in [4.78, 5) is 24.4. The number of carboxylic acid groups (broad SMARTS) is 1. The zero-order chi connectivity index (χ0) is 12.3. The predicted molar refractivity (Wildman–Crippen MR) is 62.8 cm³/mol. The predicted octanol–water partition coefficient (Wildman–Crippen LogP) is 1.58. The van der Waals surface area contributed by atoms with Crippen LogP contribution in [0.1, 0.15) is 44.9 Å². The molecule has 2 rings (SSSR count). The van der Waals surface area contributed by atoms with Gasteiger partial charge >= 0.3 is 12.0 Å². The van der Waals surface area contributed by atoms with Gasteiger partial charge in [0.05, 0.1) is 0 Å². The van der Waals surface area contributed by atoms with Crippen LogP contribution < -0.4 is 5.32 Å². The minimum absolute atomic E-state index is 0.00240. The summed E-state index contributed by atoms with van der Waals surface area (Å²) in [6.07, 6.45) is 5.95. The molecular formula is C12H20N2O3. The number of nitrogens with zero attached hydrogens (tertiary/aromatic N) is 1. The molecule has 2 fully saturated rings. The minimum Gasteiger partial charge on any atom is -0.481 e. The van der Waals surface area contributed by atoms with Crippen LogP contribution in [-0.4, -0.2) is 40.6 Å². The van der Waals surface area contributed by atoms with Gasteiger partial charge in [0, 0.05) is 25.0 Å². The first kappa shape index (κ1) is 12.2. The molecule has 0 spiro atoms. The molecule has 0 aromatic rings. The summed E-state index contributed by atoms with van der Waals surface area (Å²) in [6, 6.07) is 0.478. The van der Waals surface area contributed by atoms with Crippen molar-refractivity contribution in [1.29, 1.82) is 0 Å². The van der Waals surface area contributed by atoms with Crippen LogP contribution in [0, 0.1) is 0 Å². The van der Waals surface area contributed by atoms with Crippen molar-refractivity contribution in [2.24, 2.45) is 0 Å². The highest BCUT2D eigenvalue weighted by atomic mass is 16.4. The van der Waals surface area contributed by atoms with E-state index < -0.39 is 5.97 Å². The number of amides is 2. The van der Waals surface area contributed by atoms with Crippen molar-refractivity contribution in [1.82, 2.24) is 10.2 Å². The normalized spacial score (nSPS) is 24.5. The molecule has 5 heteroatoms. The van der Waals surface area contributed by atoms with E-state index in [2.05, 4.69) is 5.32 Å². The SMILES string of the molecule is O=C(O)CCC1CCCCN1C(=O)NC1CC1. The van der Waals surface area contributed by atoms with E-state index in [0.717, 1.165) is 38.6 Å². The number of hydrogen-bond acceptors (Lipinski definition) is 2. The van der Waals surface area contributed by atoms with E-state index in [1.165, 1.54) is 0 Å². The van der Waals surface area contributed by atoms with Crippen molar-refractivity contribution in [2.75, 3.05) is 6.54 Å². The molecule has 0 aromatic heterocycles. The maximum Gasteiger partial charge on any atom is 0.317 e. The maximum atomic E-state index is 12.0. The van der Waals surface area contributed by atoms with Crippen LogP contribution in [0.3, 0.4) is 0 Å². The lowest BCUT2D eigenvalue weighted by Crippen LogP contribution is -2.49. The lowest BCUT2D eigenvalue weighted by molar-refractivity contribution is -0.137. The van der Waals surface area contributed by atoms with E-state index >= 15 is 0 Å². The summed E-state index contributed by atoms with van der Waals surface area (Å²) < 4.78 is 0. The van der Waals surface area contributed by atoms with Crippen LogP contribution in [0.2, 0.25) is 0 Å². The fourth-order valence-electron chi connectivity index (χ4n) is 2.34. The molecule has 1 saturated carbocycles. The summed E-state index contributed by atoms with van der Waals surface area (Å²) in [5.41, 5.74) is 0. The molecule has 0 bridgehead atoms. The summed E-state index contributed by atoms with van der Waals surface area (Å²) >= 11 is 0. The molecule has 2 N–H and O–H groups in total. The third-order valence-corrected chi connectivity index (χ3v) is 3.48. The molecule has 0 radical (unpaired) electrons. The smallest absolute Gasteiger partial charge is 0.317 e. The van der Waals surface area contributed by atoms with E-state index in [4.69, 9.17) is 5.11 Å². The minimum atomic E-state index is -0.780. The third-order valence-electron chi connectivity index (χ3n) is 3.48. The standard InChI is InChI=1S/C12H20N2O3/c15-11(16)7-6-10-3-1-2-8-14(10)12(17)13-9-4-5-9/h9-10H,1-8H2,(H,13,17)(H,15,16). The molecule has 5 nitrogen and oxygen atoms in total. The number of carboxylic acids is 1. The zero-order valence-electron chi connectivity index (χ0n) is 10.0. The van der Waals surface area contributed by atoms with Gasteiger partial charge in [-0.15, -0.1) is 0 Å². The maximum absolute atomic E-state index is 12.0. The summed E-state index contributed by atoms with van der Waals surface area (Å²) in [7, 11) is 0. The van der Waals surface area contributed by atoms with Crippen molar-refractivity contribution in [2.45, 2.75) is 57.0 Å². The van der Waals surface area contributed by atoms with Crippen molar-refractivity contribution < 1.29 is 14.7 Å². The van der Waals surface area contributed by atoms with E-state index in [9.17, 15) is 9.59 Å². The Hall–Kier alpha value is -1.26. The molecule has 2 aliphatic rings. The van der Waals surface area contributed by atoms with Crippen LogP contribution >= 0.6 is 0 Å². The first-order chi connectivity index (χ1) is 8.16. The van der Waals surface area contributed by atoms with Crippen molar-refractivity contribution in [3.05, 3.63) is 0 Å². The number of carbonyl (C=O) groups excluding carboxylic acids is 1. The highest BCUT2D eigenvalue weighted by Crippen LogP contribution is 2.23. The lowest BCUT2D eigenvalue weighted by atomic mass is 9.98. The fraction of sp³-hybridized carbons (Fsp3) is 0.833. The average molecular weight is 240 g/mol. The van der Waals surface area contributed by atoms with Crippen LogP contribution in [0.15, 0.2) is 0 Å². The number of nitrogens with one attached hydrogen (secondary N) is 1. The van der Waals surface area contributed by atoms with Gasteiger partial charge in [0.1, 0.15) is 0 Å². The largest absolute Gasteiger partial charge is 0.481 e. The topological polar surface area (TPSA) is 69.6 Å². The van der Waals surface area contributed by atoms with Gasteiger partial charge in [-0.2, -0.15) is 0 Å². The Morgan fingerprint density at radius 1 is 1.24 bits per heavy atom. The molecule has 17 heavy (non-hydrogen) atoms. The molecule has 0 aromatic carbocycles. The number of carbonyl (C=O) groups is 2. The Bertz CT molecular complexity index is 302. The number of hydrogen-bond donors (Lipinski definition) is 2. The Morgan fingerprint density at radius 3 is 2.65 bits per heavy atom. The first-order valence-corrected chi connectivity index (χ1v) is 6.46. The van der Waals surface area contributed by atoms with Gasteiger partial charge in [-0.3, -0.25) is 4.79 Å². The number of piperidine rings is 1. The molecule has 1 atom stereocenters. The average Bonchev–Trinajstić information content (AvgIpc) is 3.10. The Balaban J connectivity index is 1.85. The number of urea groups is 1. The summed E-state index contributed by atoms with van der Waals surface area (Å²) in [6.45, 7) is 0.767. The molecule has 2 amide bonds. The Morgan fingerprint density at radius 2 is 2.00 bits per heavy atom. The van der Waals surface area contributed by atoms with Gasteiger partial charge in [0.15, 0.2) is 0 Å². The van der Waals surface area contributed by atoms with Gasteiger partial charge in [-0.05, 0) is 38.5 Å². The van der Waals surface area contributed by atoms with Crippen molar-refractivity contribution >= 4 is 12.0 Å². The van der Waals surface area contributed by atoms with Gasteiger partial charge in [-0.1, -0.05) is 0 Å². The van der Waals surface area contributed by atoms with Crippen molar-refractivity contribution in [3.8, 4) is 0 Å². The molecular weight excluding hydrogens is 220 g/mol. The van der Waals surface area contributed by atoms with Gasteiger partial charge in [0.2, 0.25) is 0 Å². The fourth-order valence-corrected chi connectivity index (χ4v) is 2.34. The second kappa shape index (κ2) is 5.38. The highest BCUT2D eigenvalue weighted by molar-refractivity contribution is 5.75. The third kappa shape index (κ3) is 3.61. The number of aliphatic carboxylic acids is 1. The molecule has 1 aliphatic carbocycles. The molecule has 96 valence electrons. The van der Waals surface area contributed by atoms with Crippen LogP contribution in [-0.2, 0) is 4.79 Å². The zero-order valence-corrected chi connectivity index (χ0v) is 10.0. The number of likely N-dealkylation sites (tertiary alicyclic amines) is 1. The summed E-state index contributed by atoms with van der Waals surface area (Å²) in [5.74, 6) is -0.780. The second-order valence-electron chi connectivity index (χ2n) is 5.00. The molecule has 1 heterocycles. The van der Waals surface area contributed by atoms with Crippen LogP contribution in [0.25, 0.3) is 0 Å². The van der Waals surface area contributed by atoms with Crippen molar-refractivity contribution in [3.63, 3.8) is 0 Å². The summed E-state index contributed by atoms with van der Waals surface area (Å²) in [5, 5.41) is 11.7. The highest BCUT2D eigenvalue weighted by Gasteiger charge is 2.30. The molecule has 1 saturated heterocycles. The number of rotatable bonds is 4. The first-order valence-electron chi connectivity index (χ1n) is 6.46. The van der Waals surface area contributed by atoms with E-state index in [0.29, 0.717) is 12.5 Å². The van der Waals surface area contributed by atoms with E-state index in [1.54, 1.807) is 0 Å². The lowest BCUT2D eigenvalue weighted by Gasteiger charge is -2.35. The second-order valence-corrected chi connectivity index (χ2v) is 5.00.